The minimum atomic E-state index is -0.371. The molecular weight excluding hydrogens is 228 g/mol. The second-order valence-corrected chi connectivity index (χ2v) is 6.11. The summed E-state index contributed by atoms with van der Waals surface area (Å²) in [5, 5.41) is 9.82. The summed E-state index contributed by atoms with van der Waals surface area (Å²) < 4.78 is 0. The molecule has 0 saturated carbocycles. The maximum Gasteiger partial charge on any atom is 0.222 e. The van der Waals surface area contributed by atoms with Crippen molar-refractivity contribution in [3.63, 3.8) is 0 Å². The number of carbonyl (C=O) groups is 1. The van der Waals surface area contributed by atoms with E-state index in [0.717, 1.165) is 19.4 Å². The predicted molar refractivity (Wildman–Crippen MR) is 73.0 cm³/mol. The highest BCUT2D eigenvalue weighted by molar-refractivity contribution is 5.76. The normalized spacial score (nSPS) is 26.4. The summed E-state index contributed by atoms with van der Waals surface area (Å²) in [4.78, 5) is 14.0. The fourth-order valence-corrected chi connectivity index (χ4v) is 2.58. The van der Waals surface area contributed by atoms with Gasteiger partial charge in [0, 0.05) is 19.5 Å². The molecule has 0 aromatic rings. The van der Waals surface area contributed by atoms with Crippen molar-refractivity contribution in [1.29, 1.82) is 0 Å². The third kappa shape index (κ3) is 4.58. The molecule has 0 radical (unpaired) electrons. The fourth-order valence-electron chi connectivity index (χ4n) is 2.58. The number of β-amino-alcohol motifs (C(OH)–C–C–N with tert-alkyl or cyclic N) is 1. The standard InChI is InChI=1S/C14H28N2O2/c1-10(2)6-12(8-15)7-14(18)16-5-4-11(3)13(17)9-16/h10-13,17H,4-9,15H2,1-3H3/t11?,12-,13?/m0/s1. The molecular formula is C14H28N2O2. The Morgan fingerprint density at radius 3 is 2.67 bits per heavy atom. The molecule has 18 heavy (non-hydrogen) atoms. The molecule has 4 nitrogen and oxygen atoms in total. The average Bonchev–Trinajstić information content (AvgIpc) is 2.31. The summed E-state index contributed by atoms with van der Waals surface area (Å²) >= 11 is 0. The monoisotopic (exact) mass is 256 g/mol. The quantitative estimate of drug-likeness (QED) is 0.777. The summed E-state index contributed by atoms with van der Waals surface area (Å²) in [7, 11) is 0. The van der Waals surface area contributed by atoms with E-state index in [1.165, 1.54) is 0 Å². The second kappa shape index (κ2) is 7.10. The lowest BCUT2D eigenvalue weighted by Crippen LogP contribution is -2.46. The number of piperidine rings is 1. The summed E-state index contributed by atoms with van der Waals surface area (Å²) in [6, 6.07) is 0. The summed E-state index contributed by atoms with van der Waals surface area (Å²) in [6.45, 7) is 8.17. The number of nitrogens with two attached hydrogens (primary N) is 1. The third-order valence-corrected chi connectivity index (χ3v) is 3.87. The SMILES string of the molecule is CC(C)C[C@H](CN)CC(=O)N1CCC(C)C(O)C1. The van der Waals surface area contributed by atoms with E-state index in [2.05, 4.69) is 13.8 Å². The van der Waals surface area contributed by atoms with Crippen LogP contribution >= 0.6 is 0 Å². The van der Waals surface area contributed by atoms with Gasteiger partial charge in [-0.2, -0.15) is 0 Å². The lowest BCUT2D eigenvalue weighted by atomic mass is 9.92. The van der Waals surface area contributed by atoms with Crippen LogP contribution < -0.4 is 5.73 Å². The van der Waals surface area contributed by atoms with E-state index in [4.69, 9.17) is 5.73 Å². The van der Waals surface area contributed by atoms with Gasteiger partial charge >= 0.3 is 0 Å². The first kappa shape index (κ1) is 15.4. The maximum absolute atomic E-state index is 12.2. The third-order valence-electron chi connectivity index (χ3n) is 3.87. The van der Waals surface area contributed by atoms with Crippen LogP contribution in [-0.2, 0) is 4.79 Å². The van der Waals surface area contributed by atoms with Crippen LogP contribution in [0.2, 0.25) is 0 Å². The van der Waals surface area contributed by atoms with Gasteiger partial charge in [-0.3, -0.25) is 4.79 Å². The molecule has 0 aromatic heterocycles. The van der Waals surface area contributed by atoms with Crippen LogP contribution in [0.25, 0.3) is 0 Å². The molecule has 1 rings (SSSR count). The van der Waals surface area contributed by atoms with Crippen molar-refractivity contribution in [3.8, 4) is 0 Å². The van der Waals surface area contributed by atoms with Crippen molar-refractivity contribution in [1.82, 2.24) is 4.90 Å². The van der Waals surface area contributed by atoms with Crippen molar-refractivity contribution >= 4 is 5.91 Å². The van der Waals surface area contributed by atoms with Crippen LogP contribution in [0.1, 0.15) is 40.0 Å². The molecule has 1 aliphatic heterocycles. The van der Waals surface area contributed by atoms with Gasteiger partial charge in [-0.05, 0) is 37.1 Å². The highest BCUT2D eigenvalue weighted by atomic mass is 16.3. The highest BCUT2D eigenvalue weighted by Crippen LogP contribution is 2.20. The van der Waals surface area contributed by atoms with Gasteiger partial charge in [-0.25, -0.2) is 0 Å². The minimum Gasteiger partial charge on any atom is -0.391 e. The first-order valence-corrected chi connectivity index (χ1v) is 7.10. The second-order valence-electron chi connectivity index (χ2n) is 6.11. The minimum absolute atomic E-state index is 0.150. The number of hydrogen-bond donors (Lipinski definition) is 2. The lowest BCUT2D eigenvalue weighted by molar-refractivity contribution is -0.136. The van der Waals surface area contributed by atoms with E-state index in [1.54, 1.807) is 4.90 Å². The van der Waals surface area contributed by atoms with Crippen molar-refractivity contribution in [2.75, 3.05) is 19.6 Å². The molecule has 2 unspecified atom stereocenters. The van der Waals surface area contributed by atoms with Gasteiger partial charge in [0.1, 0.15) is 0 Å². The Morgan fingerprint density at radius 2 is 2.17 bits per heavy atom. The number of nitrogens with zero attached hydrogens (tertiary/aromatic N) is 1. The van der Waals surface area contributed by atoms with Crippen molar-refractivity contribution in [3.05, 3.63) is 0 Å². The largest absolute Gasteiger partial charge is 0.391 e. The number of carbonyl (C=O) groups excluding carboxylic acids is 1. The van der Waals surface area contributed by atoms with E-state index < -0.39 is 0 Å². The van der Waals surface area contributed by atoms with Gasteiger partial charge in [-0.15, -0.1) is 0 Å². The van der Waals surface area contributed by atoms with E-state index >= 15 is 0 Å². The first-order valence-electron chi connectivity index (χ1n) is 7.10. The van der Waals surface area contributed by atoms with Gasteiger partial charge in [0.25, 0.3) is 0 Å². The molecule has 3 atom stereocenters. The fraction of sp³-hybridized carbons (Fsp3) is 0.929. The van der Waals surface area contributed by atoms with Gasteiger partial charge in [0.15, 0.2) is 0 Å². The van der Waals surface area contributed by atoms with E-state index in [1.807, 2.05) is 6.92 Å². The van der Waals surface area contributed by atoms with Gasteiger partial charge in [0.05, 0.1) is 6.10 Å². The summed E-state index contributed by atoms with van der Waals surface area (Å²) in [5.74, 6) is 1.29. The van der Waals surface area contributed by atoms with Gasteiger partial charge in [-0.1, -0.05) is 20.8 Å². The number of aliphatic hydroxyl groups excluding tert-OH is 1. The summed E-state index contributed by atoms with van der Waals surface area (Å²) in [6.07, 6.45) is 2.04. The van der Waals surface area contributed by atoms with Crippen LogP contribution in [0.5, 0.6) is 0 Å². The van der Waals surface area contributed by atoms with Crippen LogP contribution in [0.15, 0.2) is 0 Å². The van der Waals surface area contributed by atoms with Crippen LogP contribution in [-0.4, -0.2) is 41.7 Å². The molecule has 1 saturated heterocycles. The Hall–Kier alpha value is -0.610. The molecule has 0 aliphatic carbocycles. The molecule has 0 aromatic carbocycles. The van der Waals surface area contributed by atoms with Crippen LogP contribution in [0.3, 0.4) is 0 Å². The first-order chi connectivity index (χ1) is 8.43. The molecule has 106 valence electrons. The van der Waals surface area contributed by atoms with E-state index in [0.29, 0.717) is 31.3 Å². The van der Waals surface area contributed by atoms with Crippen LogP contribution in [0.4, 0.5) is 0 Å². The molecule has 0 bridgehead atoms. The summed E-state index contributed by atoms with van der Waals surface area (Å²) in [5.41, 5.74) is 5.73. The molecule has 4 heteroatoms. The number of likely N-dealkylation sites (tertiary alicyclic amines) is 1. The zero-order chi connectivity index (χ0) is 13.7. The lowest BCUT2D eigenvalue weighted by Gasteiger charge is -2.35. The van der Waals surface area contributed by atoms with Gasteiger partial charge in [0.2, 0.25) is 5.91 Å². The Morgan fingerprint density at radius 1 is 1.50 bits per heavy atom. The molecule has 3 N–H and O–H groups in total. The number of aliphatic hydroxyl groups is 1. The molecule has 1 fully saturated rings. The predicted octanol–water partition coefficient (Wildman–Crippen LogP) is 1.23. The average molecular weight is 256 g/mol. The molecule has 1 heterocycles. The molecule has 1 aliphatic rings. The topological polar surface area (TPSA) is 66.6 Å². The van der Waals surface area contributed by atoms with E-state index in [9.17, 15) is 9.90 Å². The number of hydrogen-bond acceptors (Lipinski definition) is 3. The zero-order valence-electron chi connectivity index (χ0n) is 11.9. The van der Waals surface area contributed by atoms with Crippen molar-refractivity contribution in [2.24, 2.45) is 23.5 Å². The Bertz CT molecular complexity index is 269. The Labute approximate surface area is 111 Å². The Kier molecular flexibility index (Phi) is 6.09. The van der Waals surface area contributed by atoms with E-state index in [-0.39, 0.29) is 17.9 Å². The van der Waals surface area contributed by atoms with Gasteiger partial charge < -0.3 is 15.7 Å². The smallest absolute Gasteiger partial charge is 0.222 e. The maximum atomic E-state index is 12.2. The number of rotatable bonds is 5. The Balaban J connectivity index is 2.44. The van der Waals surface area contributed by atoms with Crippen molar-refractivity contribution < 1.29 is 9.90 Å². The molecule has 1 amide bonds. The zero-order valence-corrected chi connectivity index (χ0v) is 11.9. The highest BCUT2D eigenvalue weighted by Gasteiger charge is 2.28. The molecule has 0 spiro atoms. The van der Waals surface area contributed by atoms with Crippen LogP contribution in [0, 0.1) is 17.8 Å². The van der Waals surface area contributed by atoms with Crippen molar-refractivity contribution in [2.45, 2.75) is 46.1 Å². The number of amides is 1.